The molecule has 1 heterocycles. The summed E-state index contributed by atoms with van der Waals surface area (Å²) in [5.74, 6) is 1.85. The van der Waals surface area contributed by atoms with Crippen molar-refractivity contribution in [3.63, 3.8) is 0 Å². The van der Waals surface area contributed by atoms with Gasteiger partial charge in [-0.05, 0) is 36.7 Å². The van der Waals surface area contributed by atoms with Crippen molar-refractivity contribution in [1.82, 2.24) is 10.3 Å². The van der Waals surface area contributed by atoms with Crippen LogP contribution in [0.3, 0.4) is 0 Å². The number of pyridine rings is 1. The zero-order valence-electron chi connectivity index (χ0n) is 11.7. The van der Waals surface area contributed by atoms with Crippen LogP contribution in [0.15, 0.2) is 42.5 Å². The van der Waals surface area contributed by atoms with Crippen LogP contribution < -0.4 is 10.1 Å². The lowest BCUT2D eigenvalue weighted by Crippen LogP contribution is -2.07. The average Bonchev–Trinajstić information content (AvgIpc) is 2.40. The Morgan fingerprint density at radius 2 is 1.89 bits per heavy atom. The monoisotopic (exact) mass is 256 g/mol. The largest absolute Gasteiger partial charge is 0.439 e. The summed E-state index contributed by atoms with van der Waals surface area (Å²) in [4.78, 5) is 4.56. The maximum atomic E-state index is 5.82. The quantitative estimate of drug-likeness (QED) is 0.885. The Morgan fingerprint density at radius 3 is 2.53 bits per heavy atom. The minimum Gasteiger partial charge on any atom is -0.439 e. The van der Waals surface area contributed by atoms with Gasteiger partial charge in [-0.2, -0.15) is 0 Å². The number of para-hydroxylation sites is 1. The standard InChI is InChI=1S/C16H20N2O/c1-12(2)15-9-13(11-17-3)10-16(18-15)19-14-7-5-4-6-8-14/h4-10,12,17H,11H2,1-3H3. The molecule has 0 fully saturated rings. The fourth-order valence-corrected chi connectivity index (χ4v) is 1.85. The Kier molecular flexibility index (Phi) is 4.53. The SMILES string of the molecule is CNCc1cc(Oc2ccccc2)nc(C(C)C)c1. The topological polar surface area (TPSA) is 34.1 Å². The van der Waals surface area contributed by atoms with Crippen molar-refractivity contribution in [2.24, 2.45) is 0 Å². The highest BCUT2D eigenvalue weighted by Gasteiger charge is 2.07. The van der Waals surface area contributed by atoms with Crippen LogP contribution in [0.2, 0.25) is 0 Å². The molecule has 3 heteroatoms. The first-order chi connectivity index (χ1) is 9.19. The number of nitrogens with zero attached hydrogens (tertiary/aromatic N) is 1. The summed E-state index contributed by atoms with van der Waals surface area (Å²) in [5, 5.41) is 3.16. The molecule has 0 amide bonds. The first kappa shape index (κ1) is 13.6. The molecule has 19 heavy (non-hydrogen) atoms. The van der Waals surface area contributed by atoms with E-state index in [1.807, 2.05) is 43.4 Å². The van der Waals surface area contributed by atoms with Crippen LogP contribution in [0.1, 0.15) is 31.0 Å². The Morgan fingerprint density at radius 1 is 1.16 bits per heavy atom. The van der Waals surface area contributed by atoms with E-state index in [1.54, 1.807) is 0 Å². The highest BCUT2D eigenvalue weighted by molar-refractivity contribution is 5.31. The van der Waals surface area contributed by atoms with Gasteiger partial charge in [-0.15, -0.1) is 0 Å². The minimum absolute atomic E-state index is 0.384. The fraction of sp³-hybridized carbons (Fsp3) is 0.312. The predicted octanol–water partition coefficient (Wildman–Crippen LogP) is 3.72. The summed E-state index contributed by atoms with van der Waals surface area (Å²) in [7, 11) is 1.94. The van der Waals surface area contributed by atoms with Gasteiger partial charge >= 0.3 is 0 Å². The molecule has 0 aliphatic carbocycles. The lowest BCUT2D eigenvalue weighted by molar-refractivity contribution is 0.458. The molecule has 1 N–H and O–H groups in total. The molecule has 0 atom stereocenters. The molecule has 0 saturated heterocycles. The van der Waals surface area contributed by atoms with Crippen molar-refractivity contribution in [2.45, 2.75) is 26.3 Å². The van der Waals surface area contributed by atoms with E-state index >= 15 is 0 Å². The van der Waals surface area contributed by atoms with E-state index in [0.717, 1.165) is 18.0 Å². The van der Waals surface area contributed by atoms with E-state index in [0.29, 0.717) is 11.8 Å². The van der Waals surface area contributed by atoms with Gasteiger partial charge in [0, 0.05) is 18.3 Å². The fourth-order valence-electron chi connectivity index (χ4n) is 1.85. The second-order valence-corrected chi connectivity index (χ2v) is 4.84. The third-order valence-electron chi connectivity index (χ3n) is 2.82. The summed E-state index contributed by atoms with van der Waals surface area (Å²) in [5.41, 5.74) is 2.24. The van der Waals surface area contributed by atoms with Gasteiger partial charge in [-0.25, -0.2) is 4.98 Å². The molecular weight excluding hydrogens is 236 g/mol. The summed E-state index contributed by atoms with van der Waals surface area (Å²) >= 11 is 0. The molecule has 3 nitrogen and oxygen atoms in total. The zero-order valence-corrected chi connectivity index (χ0v) is 11.7. The Hall–Kier alpha value is -1.87. The van der Waals surface area contributed by atoms with Gasteiger partial charge in [0.25, 0.3) is 0 Å². The molecule has 0 aliphatic heterocycles. The van der Waals surface area contributed by atoms with Crippen molar-refractivity contribution < 1.29 is 4.74 Å². The van der Waals surface area contributed by atoms with E-state index < -0.39 is 0 Å². The van der Waals surface area contributed by atoms with Crippen LogP contribution in [0.25, 0.3) is 0 Å². The van der Waals surface area contributed by atoms with Gasteiger partial charge in [0.15, 0.2) is 0 Å². The summed E-state index contributed by atoms with van der Waals surface area (Å²) in [6.45, 7) is 5.09. The van der Waals surface area contributed by atoms with Crippen LogP contribution >= 0.6 is 0 Å². The number of nitrogens with one attached hydrogen (secondary N) is 1. The number of hydrogen-bond donors (Lipinski definition) is 1. The van der Waals surface area contributed by atoms with Crippen LogP contribution in [0.5, 0.6) is 11.6 Å². The molecule has 0 saturated carbocycles. The van der Waals surface area contributed by atoms with Crippen molar-refractivity contribution >= 4 is 0 Å². The van der Waals surface area contributed by atoms with Crippen LogP contribution in [0, 0.1) is 0 Å². The average molecular weight is 256 g/mol. The van der Waals surface area contributed by atoms with Gasteiger partial charge in [-0.1, -0.05) is 32.0 Å². The summed E-state index contributed by atoms with van der Waals surface area (Å²) < 4.78 is 5.82. The first-order valence-electron chi connectivity index (χ1n) is 6.57. The Bertz CT molecular complexity index is 524. The van der Waals surface area contributed by atoms with E-state index in [2.05, 4.69) is 30.2 Å². The molecule has 0 radical (unpaired) electrons. The number of aromatic nitrogens is 1. The maximum Gasteiger partial charge on any atom is 0.219 e. The molecule has 0 spiro atoms. The molecule has 0 aliphatic rings. The van der Waals surface area contributed by atoms with Crippen LogP contribution in [0.4, 0.5) is 0 Å². The third kappa shape index (κ3) is 3.80. The van der Waals surface area contributed by atoms with Gasteiger partial charge in [0.05, 0.1) is 0 Å². The number of benzene rings is 1. The summed E-state index contributed by atoms with van der Waals surface area (Å²) in [6, 6.07) is 13.8. The van der Waals surface area contributed by atoms with Crippen LogP contribution in [-0.2, 0) is 6.54 Å². The molecule has 2 rings (SSSR count). The van der Waals surface area contributed by atoms with E-state index in [4.69, 9.17) is 4.74 Å². The molecular formula is C16H20N2O. The highest BCUT2D eigenvalue weighted by Crippen LogP contribution is 2.23. The van der Waals surface area contributed by atoms with Crippen LogP contribution in [-0.4, -0.2) is 12.0 Å². The number of rotatable bonds is 5. The molecule has 0 bridgehead atoms. The Labute approximate surface area is 114 Å². The number of hydrogen-bond acceptors (Lipinski definition) is 3. The maximum absolute atomic E-state index is 5.82. The molecule has 1 aromatic heterocycles. The van der Waals surface area contributed by atoms with Gasteiger partial charge in [-0.3, -0.25) is 0 Å². The molecule has 0 unspecified atom stereocenters. The highest BCUT2D eigenvalue weighted by atomic mass is 16.5. The van der Waals surface area contributed by atoms with Crippen molar-refractivity contribution in [3.05, 3.63) is 53.7 Å². The zero-order chi connectivity index (χ0) is 13.7. The van der Waals surface area contributed by atoms with E-state index in [-0.39, 0.29) is 0 Å². The van der Waals surface area contributed by atoms with E-state index in [9.17, 15) is 0 Å². The minimum atomic E-state index is 0.384. The van der Waals surface area contributed by atoms with Crippen molar-refractivity contribution in [2.75, 3.05) is 7.05 Å². The normalized spacial score (nSPS) is 10.7. The predicted molar refractivity (Wildman–Crippen MR) is 77.6 cm³/mol. The Balaban J connectivity index is 2.28. The second kappa shape index (κ2) is 6.34. The number of ether oxygens (including phenoxy) is 1. The van der Waals surface area contributed by atoms with Crippen molar-refractivity contribution in [3.8, 4) is 11.6 Å². The molecule has 1 aromatic carbocycles. The lowest BCUT2D eigenvalue weighted by Gasteiger charge is -2.11. The lowest BCUT2D eigenvalue weighted by atomic mass is 10.1. The third-order valence-corrected chi connectivity index (χ3v) is 2.82. The van der Waals surface area contributed by atoms with Gasteiger partial charge in [0.2, 0.25) is 5.88 Å². The summed E-state index contributed by atoms with van der Waals surface area (Å²) in [6.07, 6.45) is 0. The first-order valence-corrected chi connectivity index (χ1v) is 6.57. The molecule has 100 valence electrons. The van der Waals surface area contributed by atoms with Gasteiger partial charge < -0.3 is 10.1 Å². The van der Waals surface area contributed by atoms with Crippen molar-refractivity contribution in [1.29, 1.82) is 0 Å². The molecule has 2 aromatic rings. The van der Waals surface area contributed by atoms with Gasteiger partial charge in [0.1, 0.15) is 5.75 Å². The van der Waals surface area contributed by atoms with E-state index in [1.165, 1.54) is 5.56 Å². The second-order valence-electron chi connectivity index (χ2n) is 4.84. The smallest absolute Gasteiger partial charge is 0.219 e.